The Kier molecular flexibility index (Phi) is 5.40. The Labute approximate surface area is 82.6 Å². The van der Waals surface area contributed by atoms with Crippen LogP contribution in [0.5, 0.6) is 0 Å². The van der Waals surface area contributed by atoms with Gasteiger partial charge in [0.05, 0.1) is 0 Å². The summed E-state index contributed by atoms with van der Waals surface area (Å²) in [6.07, 6.45) is 2.67. The molecule has 0 heterocycles. The van der Waals surface area contributed by atoms with Crippen LogP contribution in [-0.4, -0.2) is 42.5 Å². The molecule has 0 aliphatic rings. The molecule has 2 N–H and O–H groups in total. The zero-order valence-electron chi connectivity index (χ0n) is 8.27. The first-order chi connectivity index (χ1) is 6.54. The van der Waals surface area contributed by atoms with Gasteiger partial charge in [-0.3, -0.25) is 14.4 Å². The first kappa shape index (κ1) is 12.5. The smallest absolute Gasteiger partial charge is 0.247 e. The van der Waals surface area contributed by atoms with Crippen LogP contribution < -0.4 is 5.73 Å². The predicted molar refractivity (Wildman–Crippen MR) is 51.5 cm³/mol. The number of likely N-dealkylation sites (N-methyl/N-ethyl adjacent to an activating group) is 1. The molecule has 0 aliphatic heterocycles. The monoisotopic (exact) mass is 198 g/mol. The molecule has 0 spiro atoms. The lowest BCUT2D eigenvalue weighted by molar-refractivity contribution is -0.133. The molecule has 0 bridgehead atoms. The number of allylic oxidation sites excluding steroid dienone is 1. The number of nitrogens with two attached hydrogens (primary N) is 1. The number of hydrogen-bond donors (Lipinski definition) is 1. The van der Waals surface area contributed by atoms with Gasteiger partial charge in [-0.2, -0.15) is 0 Å². The Bertz CT molecular complexity index is 261. The highest BCUT2D eigenvalue weighted by molar-refractivity contribution is 5.94. The van der Waals surface area contributed by atoms with Gasteiger partial charge in [0.15, 0.2) is 5.78 Å². The van der Waals surface area contributed by atoms with Gasteiger partial charge in [-0.15, -0.1) is 0 Å². The van der Waals surface area contributed by atoms with Gasteiger partial charge < -0.3 is 10.6 Å². The first-order valence-electron chi connectivity index (χ1n) is 4.13. The van der Waals surface area contributed by atoms with Gasteiger partial charge in [0.2, 0.25) is 5.91 Å². The Balaban J connectivity index is 4.49. The quantitative estimate of drug-likeness (QED) is 0.459. The van der Waals surface area contributed by atoms with Crippen molar-refractivity contribution in [2.45, 2.75) is 13.0 Å². The summed E-state index contributed by atoms with van der Waals surface area (Å²) in [6.45, 7) is 1.44. The van der Waals surface area contributed by atoms with E-state index in [4.69, 9.17) is 5.73 Å². The average Bonchev–Trinajstić information content (AvgIpc) is 2.14. The number of ketones is 1. The number of aldehydes is 1. The predicted octanol–water partition coefficient (Wildman–Crippen LogP) is -0.884. The maximum Gasteiger partial charge on any atom is 0.247 e. The van der Waals surface area contributed by atoms with Gasteiger partial charge in [-0.25, -0.2) is 0 Å². The number of carbonyl (C=O) groups is 3. The van der Waals surface area contributed by atoms with Gasteiger partial charge in [0.1, 0.15) is 12.3 Å². The molecular formula is C9H14N2O3. The van der Waals surface area contributed by atoms with E-state index in [1.165, 1.54) is 18.9 Å². The zero-order valence-corrected chi connectivity index (χ0v) is 8.27. The minimum atomic E-state index is -0.626. The number of hydrogen-bond acceptors (Lipinski definition) is 4. The van der Waals surface area contributed by atoms with Crippen LogP contribution in [0.3, 0.4) is 0 Å². The molecule has 5 heteroatoms. The maximum absolute atomic E-state index is 11.3. The summed E-state index contributed by atoms with van der Waals surface area (Å²) in [5, 5.41) is 0. The lowest BCUT2D eigenvalue weighted by Gasteiger charge is -2.23. The molecule has 1 atom stereocenters. The van der Waals surface area contributed by atoms with Gasteiger partial charge in [-0.1, -0.05) is 0 Å². The van der Waals surface area contributed by atoms with E-state index >= 15 is 0 Å². The largest absolute Gasteiger partial charge is 0.331 e. The third-order valence-corrected chi connectivity index (χ3v) is 1.83. The summed E-state index contributed by atoms with van der Waals surface area (Å²) in [6, 6.07) is -0.626. The van der Waals surface area contributed by atoms with E-state index < -0.39 is 11.9 Å². The number of Topliss-reactive ketones (excluding diaryl/α,β-unsaturated/α-hetero) is 1. The van der Waals surface area contributed by atoms with Gasteiger partial charge >= 0.3 is 0 Å². The topological polar surface area (TPSA) is 80.5 Å². The summed E-state index contributed by atoms with van der Waals surface area (Å²) >= 11 is 0. The fraction of sp³-hybridized carbons (Fsp3) is 0.444. The minimum absolute atomic E-state index is 0.0759. The molecule has 0 aromatic rings. The molecule has 5 nitrogen and oxygen atoms in total. The lowest BCUT2D eigenvalue weighted by Crippen LogP contribution is -2.45. The Morgan fingerprint density at radius 2 is 2.07 bits per heavy atom. The Hall–Kier alpha value is -1.49. The van der Waals surface area contributed by atoms with Crippen LogP contribution in [0.15, 0.2) is 12.2 Å². The molecule has 0 saturated heterocycles. The van der Waals surface area contributed by atoms with Crippen molar-refractivity contribution >= 4 is 18.0 Å². The highest BCUT2D eigenvalue weighted by atomic mass is 16.2. The molecule has 1 unspecified atom stereocenters. The van der Waals surface area contributed by atoms with Crippen LogP contribution in [0.1, 0.15) is 6.92 Å². The van der Waals surface area contributed by atoms with Crippen LogP contribution >= 0.6 is 0 Å². The van der Waals surface area contributed by atoms with Gasteiger partial charge in [-0.05, 0) is 13.0 Å². The van der Waals surface area contributed by atoms with Gasteiger partial charge in [0.25, 0.3) is 0 Å². The van der Waals surface area contributed by atoms with E-state index in [0.29, 0.717) is 6.29 Å². The van der Waals surface area contributed by atoms with Gasteiger partial charge in [0, 0.05) is 19.7 Å². The lowest BCUT2D eigenvalue weighted by atomic mass is 10.2. The van der Waals surface area contributed by atoms with Crippen LogP contribution in [0, 0.1) is 0 Å². The van der Waals surface area contributed by atoms with Crippen LogP contribution in [0.2, 0.25) is 0 Å². The highest BCUT2D eigenvalue weighted by Crippen LogP contribution is 1.97. The van der Waals surface area contributed by atoms with Crippen molar-refractivity contribution in [1.29, 1.82) is 0 Å². The van der Waals surface area contributed by atoms with Crippen molar-refractivity contribution in [3.63, 3.8) is 0 Å². The summed E-state index contributed by atoms with van der Waals surface area (Å²) in [5.74, 6) is -0.592. The van der Waals surface area contributed by atoms with E-state index in [9.17, 15) is 14.4 Å². The normalized spacial score (nSPS) is 12.5. The Morgan fingerprint density at radius 3 is 2.43 bits per heavy atom. The number of carbonyl (C=O) groups excluding carboxylic acids is 3. The van der Waals surface area contributed by atoms with Crippen molar-refractivity contribution in [1.82, 2.24) is 4.90 Å². The van der Waals surface area contributed by atoms with E-state index in [0.717, 1.165) is 12.2 Å². The zero-order chi connectivity index (χ0) is 11.1. The molecule has 78 valence electrons. The fourth-order valence-corrected chi connectivity index (χ4v) is 0.990. The first-order valence-corrected chi connectivity index (χ1v) is 4.13. The third kappa shape index (κ3) is 3.49. The molecule has 0 saturated carbocycles. The number of rotatable bonds is 5. The molecule has 14 heavy (non-hydrogen) atoms. The number of amides is 1. The molecule has 0 aliphatic carbocycles. The molecule has 1 amide bonds. The van der Waals surface area contributed by atoms with Crippen LogP contribution in [-0.2, 0) is 14.4 Å². The molecule has 0 aromatic heterocycles. The van der Waals surface area contributed by atoms with Crippen molar-refractivity contribution in [3.8, 4) is 0 Å². The van der Waals surface area contributed by atoms with E-state index in [1.54, 1.807) is 0 Å². The minimum Gasteiger partial charge on any atom is -0.331 e. The Morgan fingerprint density at radius 1 is 1.50 bits per heavy atom. The van der Waals surface area contributed by atoms with E-state index in [2.05, 4.69) is 0 Å². The molecule has 0 rings (SSSR count). The fourth-order valence-electron chi connectivity index (χ4n) is 0.990. The summed E-state index contributed by atoms with van der Waals surface area (Å²) in [4.78, 5) is 33.5. The third-order valence-electron chi connectivity index (χ3n) is 1.83. The second-order valence-corrected chi connectivity index (χ2v) is 2.81. The van der Waals surface area contributed by atoms with Crippen molar-refractivity contribution in [2.75, 3.05) is 13.6 Å². The summed E-state index contributed by atoms with van der Waals surface area (Å²) in [7, 11) is 1.47. The van der Waals surface area contributed by atoms with Crippen LogP contribution in [0.25, 0.3) is 0 Å². The molecular weight excluding hydrogens is 184 g/mol. The second-order valence-electron chi connectivity index (χ2n) is 2.81. The van der Waals surface area contributed by atoms with Crippen molar-refractivity contribution in [3.05, 3.63) is 12.2 Å². The van der Waals surface area contributed by atoms with E-state index in [-0.39, 0.29) is 12.3 Å². The highest BCUT2D eigenvalue weighted by Gasteiger charge is 2.20. The van der Waals surface area contributed by atoms with Crippen LogP contribution in [0.4, 0.5) is 0 Å². The summed E-state index contributed by atoms with van der Waals surface area (Å²) < 4.78 is 0. The van der Waals surface area contributed by atoms with Crippen molar-refractivity contribution < 1.29 is 14.4 Å². The standard InChI is InChI=1S/C9H14N2O3/c1-7(13)8(6-10)11(2)9(14)4-3-5-12/h3-5,8H,6,10H2,1-2H3/b4-3-. The second kappa shape index (κ2) is 6.04. The van der Waals surface area contributed by atoms with Crippen molar-refractivity contribution in [2.24, 2.45) is 5.73 Å². The molecule has 0 radical (unpaired) electrons. The summed E-state index contributed by atoms with van der Waals surface area (Å²) in [5.41, 5.74) is 5.33. The average molecular weight is 198 g/mol. The SMILES string of the molecule is CC(=O)C(CN)N(C)C(=O)/C=C\C=O. The molecule has 0 aromatic carbocycles. The number of nitrogens with zero attached hydrogens (tertiary/aromatic N) is 1. The maximum atomic E-state index is 11.3. The molecule has 0 fully saturated rings. The van der Waals surface area contributed by atoms with E-state index in [1.807, 2.05) is 0 Å².